The summed E-state index contributed by atoms with van der Waals surface area (Å²) in [7, 11) is 0. The number of anilines is 1. The molecule has 5 heteroatoms. The lowest BCUT2D eigenvalue weighted by Gasteiger charge is -2.24. The zero-order chi connectivity index (χ0) is 14.2. The Bertz CT molecular complexity index is 488. The van der Waals surface area contributed by atoms with Crippen molar-refractivity contribution in [3.63, 3.8) is 0 Å². The zero-order valence-electron chi connectivity index (χ0n) is 11.5. The molecule has 1 heterocycles. The maximum Gasteiger partial charge on any atom is 0.292 e. The molecule has 2 unspecified atom stereocenters. The molecule has 1 aliphatic rings. The summed E-state index contributed by atoms with van der Waals surface area (Å²) in [6.45, 7) is 6.71. The second-order valence-corrected chi connectivity index (χ2v) is 5.52. The van der Waals surface area contributed by atoms with Gasteiger partial charge in [0.25, 0.3) is 5.69 Å². The highest BCUT2D eigenvalue weighted by Gasteiger charge is 2.31. The van der Waals surface area contributed by atoms with Crippen LogP contribution in [0.1, 0.15) is 38.9 Å². The SMILES string of the molecule is CC1CC(C)N(c2ccc([C@H](C)O)cc2[N+](=O)[O-])C1. The Morgan fingerprint density at radius 3 is 2.63 bits per heavy atom. The van der Waals surface area contributed by atoms with Crippen molar-refractivity contribution < 1.29 is 10.0 Å². The molecule has 1 saturated heterocycles. The summed E-state index contributed by atoms with van der Waals surface area (Å²) in [5.74, 6) is 0.547. The molecule has 3 atom stereocenters. The Kier molecular flexibility index (Phi) is 3.75. The van der Waals surface area contributed by atoms with Gasteiger partial charge >= 0.3 is 0 Å². The Morgan fingerprint density at radius 2 is 2.16 bits per heavy atom. The van der Waals surface area contributed by atoms with Gasteiger partial charge in [-0.2, -0.15) is 0 Å². The van der Waals surface area contributed by atoms with Gasteiger partial charge in [0, 0.05) is 18.7 Å². The molecule has 0 amide bonds. The van der Waals surface area contributed by atoms with E-state index in [1.807, 2.05) is 0 Å². The average molecular weight is 264 g/mol. The number of hydrogen-bond acceptors (Lipinski definition) is 4. The van der Waals surface area contributed by atoms with Crippen molar-refractivity contribution in [3.05, 3.63) is 33.9 Å². The van der Waals surface area contributed by atoms with Gasteiger partial charge in [0.05, 0.1) is 11.0 Å². The number of aliphatic hydroxyl groups excluding tert-OH is 1. The number of nitro benzene ring substituents is 1. The molecule has 0 aliphatic carbocycles. The molecule has 2 rings (SSSR count). The molecule has 1 aromatic rings. The number of aliphatic hydroxyl groups is 1. The van der Waals surface area contributed by atoms with Gasteiger partial charge < -0.3 is 10.0 Å². The largest absolute Gasteiger partial charge is 0.389 e. The summed E-state index contributed by atoms with van der Waals surface area (Å²) in [5, 5.41) is 20.8. The van der Waals surface area contributed by atoms with Crippen molar-refractivity contribution >= 4 is 11.4 Å². The molecule has 0 radical (unpaired) electrons. The fourth-order valence-electron chi connectivity index (χ4n) is 2.83. The predicted octanol–water partition coefficient (Wildman–Crippen LogP) is 2.88. The first-order chi connectivity index (χ1) is 8.90. The van der Waals surface area contributed by atoms with E-state index in [1.165, 1.54) is 6.07 Å². The van der Waals surface area contributed by atoms with Crippen LogP contribution >= 0.6 is 0 Å². The molecule has 0 bridgehead atoms. The first-order valence-corrected chi connectivity index (χ1v) is 6.63. The fraction of sp³-hybridized carbons (Fsp3) is 0.571. The summed E-state index contributed by atoms with van der Waals surface area (Å²) in [6, 6.07) is 5.32. The predicted molar refractivity (Wildman–Crippen MR) is 74.3 cm³/mol. The molecule has 0 saturated carbocycles. The van der Waals surface area contributed by atoms with E-state index < -0.39 is 6.10 Å². The summed E-state index contributed by atoms with van der Waals surface area (Å²) in [4.78, 5) is 13.0. The van der Waals surface area contributed by atoms with E-state index in [9.17, 15) is 15.2 Å². The van der Waals surface area contributed by atoms with Gasteiger partial charge in [-0.25, -0.2) is 0 Å². The van der Waals surface area contributed by atoms with E-state index >= 15 is 0 Å². The number of benzene rings is 1. The van der Waals surface area contributed by atoms with Crippen LogP contribution in [-0.2, 0) is 0 Å². The third-order valence-electron chi connectivity index (χ3n) is 3.77. The van der Waals surface area contributed by atoms with Gasteiger partial charge in [0.15, 0.2) is 0 Å². The topological polar surface area (TPSA) is 66.6 Å². The van der Waals surface area contributed by atoms with Crippen LogP contribution in [0.25, 0.3) is 0 Å². The number of hydrogen-bond donors (Lipinski definition) is 1. The van der Waals surface area contributed by atoms with E-state index in [-0.39, 0.29) is 10.6 Å². The highest BCUT2D eigenvalue weighted by Crippen LogP contribution is 2.36. The van der Waals surface area contributed by atoms with Crippen molar-refractivity contribution in [2.45, 2.75) is 39.3 Å². The van der Waals surface area contributed by atoms with Gasteiger partial charge in [-0.1, -0.05) is 13.0 Å². The van der Waals surface area contributed by atoms with Crippen molar-refractivity contribution in [2.24, 2.45) is 5.92 Å². The zero-order valence-corrected chi connectivity index (χ0v) is 11.5. The van der Waals surface area contributed by atoms with E-state index in [4.69, 9.17) is 0 Å². The maximum absolute atomic E-state index is 11.2. The number of nitro groups is 1. The van der Waals surface area contributed by atoms with Crippen LogP contribution < -0.4 is 4.90 Å². The Morgan fingerprint density at radius 1 is 1.47 bits per heavy atom. The van der Waals surface area contributed by atoms with Gasteiger partial charge in [0.2, 0.25) is 0 Å². The van der Waals surface area contributed by atoms with Crippen molar-refractivity contribution in [3.8, 4) is 0 Å². The van der Waals surface area contributed by atoms with E-state index in [0.29, 0.717) is 23.2 Å². The molecule has 5 nitrogen and oxygen atoms in total. The summed E-state index contributed by atoms with van der Waals surface area (Å²) < 4.78 is 0. The van der Waals surface area contributed by atoms with Crippen LogP contribution in [0.15, 0.2) is 18.2 Å². The molecule has 1 aliphatic heterocycles. The van der Waals surface area contributed by atoms with Crippen molar-refractivity contribution in [2.75, 3.05) is 11.4 Å². The number of rotatable bonds is 3. The molecule has 0 spiro atoms. The Labute approximate surface area is 113 Å². The van der Waals surface area contributed by atoms with Crippen molar-refractivity contribution in [1.29, 1.82) is 0 Å². The standard InChI is InChI=1S/C14H20N2O3/c1-9-6-10(2)15(8-9)13-5-4-12(11(3)17)7-14(13)16(18)19/h4-5,7,9-11,17H,6,8H2,1-3H3/t9?,10?,11-/m0/s1. The van der Waals surface area contributed by atoms with Crippen molar-refractivity contribution in [1.82, 2.24) is 0 Å². The molecule has 19 heavy (non-hydrogen) atoms. The molecule has 1 aromatic carbocycles. The third-order valence-corrected chi connectivity index (χ3v) is 3.77. The second-order valence-electron chi connectivity index (χ2n) is 5.52. The lowest BCUT2D eigenvalue weighted by Crippen LogP contribution is -2.27. The highest BCUT2D eigenvalue weighted by molar-refractivity contribution is 5.65. The normalized spacial score (nSPS) is 24.5. The van der Waals surface area contributed by atoms with Crippen LogP contribution in [0.2, 0.25) is 0 Å². The molecular weight excluding hydrogens is 244 g/mol. The first-order valence-electron chi connectivity index (χ1n) is 6.63. The summed E-state index contributed by atoms with van der Waals surface area (Å²) in [5.41, 5.74) is 1.32. The van der Waals surface area contributed by atoms with E-state index in [0.717, 1.165) is 13.0 Å². The first kappa shape index (κ1) is 13.8. The molecule has 0 aromatic heterocycles. The van der Waals surface area contributed by atoms with E-state index in [2.05, 4.69) is 18.7 Å². The van der Waals surface area contributed by atoms with Crippen LogP contribution in [0.3, 0.4) is 0 Å². The Balaban J connectivity index is 2.42. The van der Waals surface area contributed by atoms with Crippen LogP contribution in [-0.4, -0.2) is 22.6 Å². The minimum absolute atomic E-state index is 0.0827. The highest BCUT2D eigenvalue weighted by atomic mass is 16.6. The smallest absolute Gasteiger partial charge is 0.292 e. The lowest BCUT2D eigenvalue weighted by molar-refractivity contribution is -0.384. The molecule has 104 valence electrons. The third kappa shape index (κ3) is 2.71. The van der Waals surface area contributed by atoms with Crippen LogP contribution in [0.4, 0.5) is 11.4 Å². The molecular formula is C14H20N2O3. The van der Waals surface area contributed by atoms with Gasteiger partial charge in [-0.3, -0.25) is 10.1 Å². The van der Waals surface area contributed by atoms with Gasteiger partial charge in [0.1, 0.15) is 5.69 Å². The van der Waals surface area contributed by atoms with Crippen LogP contribution in [0, 0.1) is 16.0 Å². The van der Waals surface area contributed by atoms with Gasteiger partial charge in [-0.15, -0.1) is 0 Å². The maximum atomic E-state index is 11.2. The number of nitrogens with zero attached hydrogens (tertiary/aromatic N) is 2. The van der Waals surface area contributed by atoms with Crippen LogP contribution in [0.5, 0.6) is 0 Å². The average Bonchev–Trinajstić information content (AvgIpc) is 2.67. The van der Waals surface area contributed by atoms with E-state index in [1.54, 1.807) is 19.1 Å². The van der Waals surface area contributed by atoms with Gasteiger partial charge in [-0.05, 0) is 37.8 Å². The molecule has 1 fully saturated rings. The summed E-state index contributed by atoms with van der Waals surface area (Å²) in [6.07, 6.45) is 0.359. The lowest BCUT2D eigenvalue weighted by atomic mass is 10.1. The summed E-state index contributed by atoms with van der Waals surface area (Å²) >= 11 is 0. The Hall–Kier alpha value is -1.62. The molecule has 1 N–H and O–H groups in total. The second kappa shape index (κ2) is 5.17. The monoisotopic (exact) mass is 264 g/mol. The minimum Gasteiger partial charge on any atom is -0.389 e. The minimum atomic E-state index is -0.692. The fourth-order valence-corrected chi connectivity index (χ4v) is 2.83. The quantitative estimate of drug-likeness (QED) is 0.673.